The number of carbonyl (C=O) groups is 2. The van der Waals surface area contributed by atoms with E-state index in [1.165, 1.54) is 77.0 Å². The first-order chi connectivity index (χ1) is 16.7. The van der Waals surface area contributed by atoms with Crippen LogP contribution in [0.4, 0.5) is 0 Å². The van der Waals surface area contributed by atoms with Gasteiger partial charge in [0.15, 0.2) is 0 Å². The van der Waals surface area contributed by atoms with Crippen molar-refractivity contribution in [2.24, 2.45) is 0 Å². The summed E-state index contributed by atoms with van der Waals surface area (Å²) in [5.74, 6) is 0.156. The molecule has 0 bridgehead atoms. The van der Waals surface area contributed by atoms with Crippen molar-refractivity contribution < 1.29 is 9.59 Å². The van der Waals surface area contributed by atoms with Crippen LogP contribution in [0.25, 0.3) is 0 Å². The normalized spacial score (nSPS) is 11.5. The molecule has 0 saturated carbocycles. The van der Waals surface area contributed by atoms with E-state index in [1.807, 2.05) is 0 Å². The average molecular weight is 477 g/mol. The number of carbonyl (C=O) groups excluding carboxylic acids is 2. The van der Waals surface area contributed by atoms with Crippen molar-refractivity contribution in [3.63, 3.8) is 0 Å². The first kappa shape index (κ1) is 32.4. The van der Waals surface area contributed by atoms with Crippen molar-refractivity contribution in [3.8, 4) is 0 Å². The molecule has 0 aromatic heterocycles. The molecular weight excluding hydrogens is 420 g/mol. The van der Waals surface area contributed by atoms with Gasteiger partial charge in [-0.25, -0.2) is 0 Å². The molecule has 0 fully saturated rings. The van der Waals surface area contributed by atoms with E-state index < -0.39 is 0 Å². The zero-order valence-electron chi connectivity index (χ0n) is 22.7. The van der Waals surface area contributed by atoms with E-state index in [4.69, 9.17) is 0 Å². The minimum absolute atomic E-state index is 0.0778. The van der Waals surface area contributed by atoms with E-state index in [0.29, 0.717) is 25.9 Å². The molecule has 0 unspecified atom stereocenters. The van der Waals surface area contributed by atoms with Crippen LogP contribution >= 0.6 is 0 Å². The standard InChI is InChI=1S/C30H56N2O2/c1-3-5-7-9-11-13-15-17-19-21-23-25-29(33)31-27-28-32-30(34)26-24-22-20-18-16-14-12-10-8-6-4-2/h17-20H,3-16,21-28H2,1-2H3,(H,31,33)(H,32,34). The highest BCUT2D eigenvalue weighted by Gasteiger charge is 2.02. The van der Waals surface area contributed by atoms with Gasteiger partial charge in [0.05, 0.1) is 0 Å². The Bertz CT molecular complexity index is 468. The van der Waals surface area contributed by atoms with Gasteiger partial charge in [-0.05, 0) is 51.4 Å². The van der Waals surface area contributed by atoms with Crippen molar-refractivity contribution >= 4 is 11.8 Å². The molecule has 4 heteroatoms. The second-order valence-corrected chi connectivity index (χ2v) is 9.54. The van der Waals surface area contributed by atoms with Gasteiger partial charge in [-0.1, -0.05) is 102 Å². The summed E-state index contributed by atoms with van der Waals surface area (Å²) in [6.07, 6.45) is 32.1. The lowest BCUT2D eigenvalue weighted by molar-refractivity contribution is -0.123. The van der Waals surface area contributed by atoms with Gasteiger partial charge < -0.3 is 10.6 Å². The van der Waals surface area contributed by atoms with Gasteiger partial charge in [0, 0.05) is 25.9 Å². The van der Waals surface area contributed by atoms with Crippen LogP contribution in [0.5, 0.6) is 0 Å². The summed E-state index contributed by atoms with van der Waals surface area (Å²) in [4.78, 5) is 23.8. The van der Waals surface area contributed by atoms with Crippen molar-refractivity contribution in [3.05, 3.63) is 24.3 Å². The van der Waals surface area contributed by atoms with Crippen molar-refractivity contribution in [1.82, 2.24) is 10.6 Å². The van der Waals surface area contributed by atoms with E-state index in [-0.39, 0.29) is 11.8 Å². The number of allylic oxidation sites excluding steroid dienone is 4. The number of nitrogens with one attached hydrogen (secondary N) is 2. The third-order valence-electron chi connectivity index (χ3n) is 6.10. The molecule has 4 nitrogen and oxygen atoms in total. The largest absolute Gasteiger partial charge is 0.354 e. The predicted molar refractivity (Wildman–Crippen MR) is 148 cm³/mol. The molecule has 0 aliphatic heterocycles. The fourth-order valence-corrected chi connectivity index (χ4v) is 3.90. The smallest absolute Gasteiger partial charge is 0.220 e. The molecule has 2 N–H and O–H groups in total. The van der Waals surface area contributed by atoms with Crippen molar-refractivity contribution in [2.75, 3.05) is 13.1 Å². The Balaban J connectivity index is 3.41. The van der Waals surface area contributed by atoms with E-state index in [1.54, 1.807) is 0 Å². The Hall–Kier alpha value is -1.58. The molecule has 0 aromatic rings. The van der Waals surface area contributed by atoms with Gasteiger partial charge in [-0.2, -0.15) is 0 Å². The number of amides is 2. The monoisotopic (exact) mass is 476 g/mol. The molecule has 0 spiro atoms. The van der Waals surface area contributed by atoms with Gasteiger partial charge in [0.2, 0.25) is 11.8 Å². The quantitative estimate of drug-likeness (QED) is 0.103. The maximum Gasteiger partial charge on any atom is 0.220 e. The number of unbranched alkanes of at least 4 members (excludes halogenated alkanes) is 14. The van der Waals surface area contributed by atoms with Gasteiger partial charge in [0.1, 0.15) is 0 Å². The maximum absolute atomic E-state index is 11.9. The highest BCUT2D eigenvalue weighted by molar-refractivity contribution is 5.77. The Kier molecular flexibility index (Phi) is 26.4. The minimum Gasteiger partial charge on any atom is -0.354 e. The molecule has 34 heavy (non-hydrogen) atoms. The second kappa shape index (κ2) is 27.7. The van der Waals surface area contributed by atoms with Gasteiger partial charge in [-0.15, -0.1) is 0 Å². The molecule has 0 atom stereocenters. The van der Waals surface area contributed by atoms with E-state index >= 15 is 0 Å². The van der Waals surface area contributed by atoms with Gasteiger partial charge in [-0.3, -0.25) is 9.59 Å². The minimum atomic E-state index is 0.0778. The number of rotatable bonds is 25. The Labute approximate surface area is 211 Å². The molecule has 0 rings (SSSR count). The van der Waals surface area contributed by atoms with Gasteiger partial charge in [0.25, 0.3) is 0 Å². The van der Waals surface area contributed by atoms with Crippen LogP contribution in [0.1, 0.15) is 142 Å². The zero-order valence-corrected chi connectivity index (χ0v) is 22.7. The lowest BCUT2D eigenvalue weighted by Crippen LogP contribution is -2.34. The summed E-state index contributed by atoms with van der Waals surface area (Å²) in [6.45, 7) is 5.52. The summed E-state index contributed by atoms with van der Waals surface area (Å²) in [7, 11) is 0. The van der Waals surface area contributed by atoms with Crippen molar-refractivity contribution in [1.29, 1.82) is 0 Å². The molecule has 198 valence electrons. The van der Waals surface area contributed by atoms with Crippen LogP contribution in [0, 0.1) is 0 Å². The summed E-state index contributed by atoms with van der Waals surface area (Å²) in [5, 5.41) is 5.79. The lowest BCUT2D eigenvalue weighted by atomic mass is 10.1. The topological polar surface area (TPSA) is 58.2 Å². The first-order valence-corrected chi connectivity index (χ1v) is 14.5. The van der Waals surface area contributed by atoms with Crippen LogP contribution in [-0.4, -0.2) is 24.9 Å². The Morgan fingerprint density at radius 3 is 1.18 bits per heavy atom. The fourth-order valence-electron chi connectivity index (χ4n) is 3.90. The first-order valence-electron chi connectivity index (χ1n) is 14.5. The molecule has 0 aliphatic carbocycles. The van der Waals surface area contributed by atoms with Crippen molar-refractivity contribution in [2.45, 2.75) is 142 Å². The molecular formula is C30H56N2O2. The van der Waals surface area contributed by atoms with Crippen LogP contribution in [-0.2, 0) is 9.59 Å². The molecule has 0 aliphatic rings. The van der Waals surface area contributed by atoms with E-state index in [9.17, 15) is 9.59 Å². The molecule has 0 radical (unpaired) electrons. The lowest BCUT2D eigenvalue weighted by Gasteiger charge is -2.06. The second-order valence-electron chi connectivity index (χ2n) is 9.54. The highest BCUT2D eigenvalue weighted by atomic mass is 16.2. The summed E-state index contributed by atoms with van der Waals surface area (Å²) < 4.78 is 0. The summed E-state index contributed by atoms with van der Waals surface area (Å²) >= 11 is 0. The Morgan fingerprint density at radius 1 is 0.471 bits per heavy atom. The molecule has 0 heterocycles. The van der Waals surface area contributed by atoms with E-state index in [0.717, 1.165) is 38.5 Å². The maximum atomic E-state index is 11.9. The average Bonchev–Trinajstić information content (AvgIpc) is 2.83. The zero-order chi connectivity index (χ0) is 25.0. The Morgan fingerprint density at radius 2 is 0.794 bits per heavy atom. The molecule has 2 amide bonds. The molecule has 0 aromatic carbocycles. The molecule has 0 saturated heterocycles. The summed E-state index contributed by atoms with van der Waals surface area (Å²) in [5.41, 5.74) is 0. The SMILES string of the molecule is CCCCCCCCC=CCCCC(=O)NCCNC(=O)CCCC=CCCCCCCCC. The predicted octanol–water partition coefficient (Wildman–Crippen LogP) is 8.17. The van der Waals surface area contributed by atoms with Crippen LogP contribution in [0.3, 0.4) is 0 Å². The summed E-state index contributed by atoms with van der Waals surface area (Å²) in [6, 6.07) is 0. The van der Waals surface area contributed by atoms with E-state index in [2.05, 4.69) is 48.8 Å². The number of hydrogen-bond acceptors (Lipinski definition) is 2. The van der Waals surface area contributed by atoms with Gasteiger partial charge >= 0.3 is 0 Å². The third kappa shape index (κ3) is 26.7. The van der Waals surface area contributed by atoms with Crippen LogP contribution in [0.15, 0.2) is 24.3 Å². The van der Waals surface area contributed by atoms with Crippen LogP contribution in [0.2, 0.25) is 0 Å². The fraction of sp³-hybridized carbons (Fsp3) is 0.800. The highest BCUT2D eigenvalue weighted by Crippen LogP contribution is 2.09. The third-order valence-corrected chi connectivity index (χ3v) is 6.10. The number of hydrogen-bond donors (Lipinski definition) is 2. The van der Waals surface area contributed by atoms with Crippen LogP contribution < -0.4 is 10.6 Å².